The second kappa shape index (κ2) is 7.33. The molecule has 1 aliphatic rings. The molecular formula is C19H13Cl2IN2O3. The molecule has 0 bridgehead atoms. The Morgan fingerprint density at radius 2 is 2.11 bits per heavy atom. The number of ether oxygens (including phenoxy) is 2. The third-order valence-corrected chi connectivity index (χ3v) is 5.37. The average molecular weight is 515 g/mol. The Hall–Kier alpha value is -1.77. The van der Waals surface area contributed by atoms with Crippen molar-refractivity contribution in [1.29, 1.82) is 0 Å². The lowest BCUT2D eigenvalue weighted by Gasteiger charge is -2.20. The van der Waals surface area contributed by atoms with E-state index in [2.05, 4.69) is 27.7 Å². The first-order valence-corrected chi connectivity index (χ1v) is 10.00. The third kappa shape index (κ3) is 3.30. The Kier molecular flexibility index (Phi) is 5.05. The van der Waals surface area contributed by atoms with Gasteiger partial charge in [0.15, 0.2) is 5.69 Å². The molecule has 138 valence electrons. The fourth-order valence-corrected chi connectivity index (χ4v) is 3.97. The highest BCUT2D eigenvalue weighted by Crippen LogP contribution is 2.42. The molecule has 2 aromatic carbocycles. The fourth-order valence-electron chi connectivity index (χ4n) is 3.02. The van der Waals surface area contributed by atoms with Crippen LogP contribution in [0, 0.1) is 3.57 Å². The first kappa shape index (κ1) is 18.6. The number of nitrogens with zero attached hydrogens (tertiary/aromatic N) is 2. The number of aromatic nitrogens is 2. The lowest BCUT2D eigenvalue weighted by atomic mass is 10.0. The number of halogens is 3. The van der Waals surface area contributed by atoms with Crippen LogP contribution >= 0.6 is 45.8 Å². The molecule has 0 aliphatic carbocycles. The van der Waals surface area contributed by atoms with Crippen molar-refractivity contribution in [3.8, 4) is 22.7 Å². The minimum atomic E-state index is -0.491. The van der Waals surface area contributed by atoms with Gasteiger partial charge in [-0.2, -0.15) is 5.10 Å². The number of carbonyl (C=O) groups is 1. The van der Waals surface area contributed by atoms with Crippen LogP contribution in [0.1, 0.15) is 23.0 Å². The monoisotopic (exact) mass is 514 g/mol. The number of hydrogen-bond donors (Lipinski definition) is 0. The van der Waals surface area contributed by atoms with Gasteiger partial charge in [0.25, 0.3) is 0 Å². The normalized spacial score (nSPS) is 12.1. The van der Waals surface area contributed by atoms with Gasteiger partial charge in [-0.15, -0.1) is 0 Å². The minimum Gasteiger partial charge on any atom is -0.488 e. The van der Waals surface area contributed by atoms with Crippen LogP contribution in [0.25, 0.3) is 16.9 Å². The number of fused-ring (bicyclic) bond motifs is 3. The summed E-state index contributed by atoms with van der Waals surface area (Å²) in [5, 5.41) is 5.48. The van der Waals surface area contributed by atoms with E-state index in [1.54, 1.807) is 29.8 Å². The highest BCUT2D eigenvalue weighted by atomic mass is 127. The molecule has 4 rings (SSSR count). The SMILES string of the molecule is CCOC(=O)c1nn(-c2ccc(Cl)cc2Cl)c2c1COc1cc(I)ccc1-2. The van der Waals surface area contributed by atoms with Crippen molar-refractivity contribution in [3.63, 3.8) is 0 Å². The van der Waals surface area contributed by atoms with Crippen molar-refractivity contribution in [3.05, 3.63) is 61.3 Å². The van der Waals surface area contributed by atoms with E-state index in [9.17, 15) is 4.79 Å². The first-order chi connectivity index (χ1) is 13.0. The molecule has 3 aromatic rings. The van der Waals surface area contributed by atoms with Crippen molar-refractivity contribution < 1.29 is 14.3 Å². The molecule has 0 atom stereocenters. The molecule has 0 unspecified atom stereocenters. The molecule has 0 saturated carbocycles. The van der Waals surface area contributed by atoms with E-state index >= 15 is 0 Å². The lowest BCUT2D eigenvalue weighted by Crippen LogP contribution is -2.12. The molecule has 2 heterocycles. The Morgan fingerprint density at radius 1 is 1.30 bits per heavy atom. The standard InChI is InChI=1S/C19H13Cl2IN2O3/c1-2-26-19(25)17-13-9-27-16-8-11(22)4-5-12(16)18(13)24(23-17)15-6-3-10(20)7-14(15)21/h3-8H,2,9H2,1H3. The summed E-state index contributed by atoms with van der Waals surface area (Å²) < 4.78 is 13.8. The molecule has 0 spiro atoms. The van der Waals surface area contributed by atoms with E-state index in [1.165, 1.54) is 0 Å². The summed E-state index contributed by atoms with van der Waals surface area (Å²) in [7, 11) is 0. The van der Waals surface area contributed by atoms with Crippen molar-refractivity contribution in [2.24, 2.45) is 0 Å². The number of esters is 1. The van der Waals surface area contributed by atoms with Crippen molar-refractivity contribution in [2.75, 3.05) is 6.61 Å². The number of rotatable bonds is 3. The number of carbonyl (C=O) groups excluding carboxylic acids is 1. The van der Waals surface area contributed by atoms with Crippen molar-refractivity contribution in [1.82, 2.24) is 9.78 Å². The maximum atomic E-state index is 12.5. The Labute approximate surface area is 179 Å². The minimum absolute atomic E-state index is 0.224. The van der Waals surface area contributed by atoms with Crippen LogP contribution in [0.5, 0.6) is 5.75 Å². The highest BCUT2D eigenvalue weighted by molar-refractivity contribution is 14.1. The van der Waals surface area contributed by atoms with Gasteiger partial charge in [0.05, 0.1) is 28.6 Å². The second-order valence-electron chi connectivity index (χ2n) is 5.83. The van der Waals surface area contributed by atoms with Crippen LogP contribution in [-0.2, 0) is 11.3 Å². The maximum absolute atomic E-state index is 12.5. The highest BCUT2D eigenvalue weighted by Gasteiger charge is 2.31. The summed E-state index contributed by atoms with van der Waals surface area (Å²) >= 11 is 14.7. The van der Waals surface area contributed by atoms with Gasteiger partial charge >= 0.3 is 5.97 Å². The van der Waals surface area contributed by atoms with Gasteiger partial charge < -0.3 is 9.47 Å². The first-order valence-electron chi connectivity index (χ1n) is 8.16. The smallest absolute Gasteiger partial charge is 0.359 e. The summed E-state index contributed by atoms with van der Waals surface area (Å²) in [6.45, 7) is 2.24. The van der Waals surface area contributed by atoms with Crippen LogP contribution in [0.15, 0.2) is 36.4 Å². The Morgan fingerprint density at radius 3 is 2.85 bits per heavy atom. The molecule has 0 saturated heterocycles. The van der Waals surface area contributed by atoms with E-state index < -0.39 is 5.97 Å². The van der Waals surface area contributed by atoms with Crippen LogP contribution in [0.4, 0.5) is 0 Å². The van der Waals surface area contributed by atoms with Gasteiger partial charge in [-0.05, 0) is 65.9 Å². The van der Waals surface area contributed by atoms with Gasteiger partial charge in [0.2, 0.25) is 0 Å². The zero-order chi connectivity index (χ0) is 19.1. The Balaban J connectivity index is 1.99. The molecule has 27 heavy (non-hydrogen) atoms. The summed E-state index contributed by atoms with van der Waals surface area (Å²) in [6.07, 6.45) is 0. The predicted molar refractivity (Wildman–Crippen MR) is 112 cm³/mol. The quantitative estimate of drug-likeness (QED) is 0.341. The molecule has 0 amide bonds. The van der Waals surface area contributed by atoms with Gasteiger partial charge in [0.1, 0.15) is 12.4 Å². The predicted octanol–water partition coefficient (Wildman–Crippen LogP) is 5.52. The van der Waals surface area contributed by atoms with Crippen LogP contribution < -0.4 is 4.74 Å². The summed E-state index contributed by atoms with van der Waals surface area (Å²) in [4.78, 5) is 12.5. The van der Waals surface area contributed by atoms with Gasteiger partial charge in [-0.3, -0.25) is 0 Å². The van der Waals surface area contributed by atoms with Crippen molar-refractivity contribution >= 4 is 51.8 Å². The summed E-state index contributed by atoms with van der Waals surface area (Å²) in [6, 6.07) is 11.0. The van der Waals surface area contributed by atoms with E-state index in [0.717, 1.165) is 20.6 Å². The molecule has 5 nitrogen and oxygen atoms in total. The topological polar surface area (TPSA) is 53.3 Å². The molecular weight excluding hydrogens is 502 g/mol. The van der Waals surface area contributed by atoms with Crippen LogP contribution in [-0.4, -0.2) is 22.4 Å². The zero-order valence-corrected chi connectivity index (χ0v) is 17.8. The van der Waals surface area contributed by atoms with Gasteiger partial charge in [-0.25, -0.2) is 9.48 Å². The molecule has 0 fully saturated rings. The van der Waals surface area contributed by atoms with E-state index in [1.807, 2.05) is 18.2 Å². The molecule has 0 N–H and O–H groups in total. The number of hydrogen-bond acceptors (Lipinski definition) is 4. The third-order valence-electron chi connectivity index (χ3n) is 4.16. The van der Waals surface area contributed by atoms with E-state index in [0.29, 0.717) is 21.3 Å². The largest absolute Gasteiger partial charge is 0.488 e. The fraction of sp³-hybridized carbons (Fsp3) is 0.158. The second-order valence-corrected chi connectivity index (χ2v) is 7.92. The average Bonchev–Trinajstić information content (AvgIpc) is 3.01. The molecule has 1 aromatic heterocycles. The van der Waals surface area contributed by atoms with E-state index in [-0.39, 0.29) is 18.9 Å². The van der Waals surface area contributed by atoms with Crippen LogP contribution in [0.2, 0.25) is 10.0 Å². The van der Waals surface area contributed by atoms with Gasteiger partial charge in [0, 0.05) is 14.2 Å². The van der Waals surface area contributed by atoms with Crippen molar-refractivity contribution in [2.45, 2.75) is 13.5 Å². The zero-order valence-electron chi connectivity index (χ0n) is 14.1. The number of benzene rings is 2. The van der Waals surface area contributed by atoms with Gasteiger partial charge in [-0.1, -0.05) is 23.2 Å². The summed E-state index contributed by atoms with van der Waals surface area (Å²) in [5.41, 5.74) is 3.13. The maximum Gasteiger partial charge on any atom is 0.359 e. The Bertz CT molecular complexity index is 1070. The summed E-state index contributed by atoms with van der Waals surface area (Å²) in [5.74, 6) is 0.242. The molecule has 1 aliphatic heterocycles. The van der Waals surface area contributed by atoms with Crippen LogP contribution in [0.3, 0.4) is 0 Å². The molecule has 0 radical (unpaired) electrons. The molecule has 8 heteroatoms. The lowest BCUT2D eigenvalue weighted by molar-refractivity contribution is 0.0516. The van der Waals surface area contributed by atoms with E-state index in [4.69, 9.17) is 32.7 Å².